The number of pyridine rings is 1. The molecule has 1 N–H and O–H groups in total. The van der Waals surface area contributed by atoms with E-state index in [2.05, 4.69) is 10.3 Å². The van der Waals surface area contributed by atoms with Gasteiger partial charge in [0.05, 0.1) is 6.26 Å². The standard InChI is InChI=1S/C15H20N2O2/c1-16-10-14-9-15(19-11-14)12-18-8-2-3-13-4-6-17-7-5-13/h4-7,9,11,16H,2-3,8,10,12H2,1H3. The molecule has 0 saturated carbocycles. The molecule has 2 rings (SSSR count). The van der Waals surface area contributed by atoms with Gasteiger partial charge in [-0.05, 0) is 43.7 Å². The molecule has 102 valence electrons. The fourth-order valence-electron chi connectivity index (χ4n) is 1.90. The highest BCUT2D eigenvalue weighted by Gasteiger charge is 2.01. The third-order valence-electron chi connectivity index (χ3n) is 2.84. The number of rotatable bonds is 8. The number of aromatic nitrogens is 1. The van der Waals surface area contributed by atoms with Gasteiger partial charge in [0.2, 0.25) is 0 Å². The van der Waals surface area contributed by atoms with Crippen LogP contribution in [0.4, 0.5) is 0 Å². The zero-order valence-electron chi connectivity index (χ0n) is 11.3. The Kier molecular flexibility index (Phi) is 5.59. The van der Waals surface area contributed by atoms with Crippen LogP contribution in [0.1, 0.15) is 23.3 Å². The van der Waals surface area contributed by atoms with Gasteiger partial charge in [-0.2, -0.15) is 0 Å². The van der Waals surface area contributed by atoms with Crippen molar-refractivity contribution in [3.63, 3.8) is 0 Å². The van der Waals surface area contributed by atoms with Gasteiger partial charge in [-0.15, -0.1) is 0 Å². The molecule has 0 radical (unpaired) electrons. The van der Waals surface area contributed by atoms with Crippen LogP contribution in [0.15, 0.2) is 41.3 Å². The quantitative estimate of drug-likeness (QED) is 0.741. The molecule has 0 aliphatic rings. The zero-order valence-corrected chi connectivity index (χ0v) is 11.3. The van der Waals surface area contributed by atoms with Crippen molar-refractivity contribution in [2.24, 2.45) is 0 Å². The molecule has 0 bridgehead atoms. The molecular formula is C15H20N2O2. The minimum absolute atomic E-state index is 0.542. The Morgan fingerprint density at radius 1 is 1.26 bits per heavy atom. The Hall–Kier alpha value is -1.65. The smallest absolute Gasteiger partial charge is 0.129 e. The third kappa shape index (κ3) is 4.85. The molecule has 0 unspecified atom stereocenters. The molecule has 2 heterocycles. The van der Waals surface area contributed by atoms with Gasteiger partial charge >= 0.3 is 0 Å². The first-order valence-corrected chi connectivity index (χ1v) is 6.56. The van der Waals surface area contributed by atoms with E-state index in [1.54, 1.807) is 6.26 Å². The first kappa shape index (κ1) is 13.8. The van der Waals surface area contributed by atoms with Gasteiger partial charge in [0, 0.05) is 31.1 Å². The molecule has 2 aromatic heterocycles. The van der Waals surface area contributed by atoms with Gasteiger partial charge in [0.25, 0.3) is 0 Å². The van der Waals surface area contributed by atoms with Crippen molar-refractivity contribution in [3.8, 4) is 0 Å². The molecule has 0 amide bonds. The third-order valence-corrected chi connectivity index (χ3v) is 2.84. The lowest BCUT2D eigenvalue weighted by Gasteiger charge is -2.02. The van der Waals surface area contributed by atoms with E-state index in [4.69, 9.17) is 9.15 Å². The van der Waals surface area contributed by atoms with Crippen LogP contribution in [0.3, 0.4) is 0 Å². The molecule has 19 heavy (non-hydrogen) atoms. The summed E-state index contributed by atoms with van der Waals surface area (Å²) in [5.41, 5.74) is 2.45. The second kappa shape index (κ2) is 7.71. The SMILES string of the molecule is CNCc1coc(COCCCc2ccncc2)c1. The van der Waals surface area contributed by atoms with Crippen LogP contribution in [-0.4, -0.2) is 18.6 Å². The van der Waals surface area contributed by atoms with E-state index < -0.39 is 0 Å². The van der Waals surface area contributed by atoms with Crippen LogP contribution >= 0.6 is 0 Å². The van der Waals surface area contributed by atoms with E-state index in [0.717, 1.165) is 37.3 Å². The first-order valence-electron chi connectivity index (χ1n) is 6.56. The van der Waals surface area contributed by atoms with E-state index >= 15 is 0 Å². The topological polar surface area (TPSA) is 47.3 Å². The Bertz CT molecular complexity index is 468. The molecule has 0 atom stereocenters. The second-order valence-corrected chi connectivity index (χ2v) is 4.46. The summed E-state index contributed by atoms with van der Waals surface area (Å²) in [4.78, 5) is 4.00. The Morgan fingerprint density at radius 2 is 2.11 bits per heavy atom. The van der Waals surface area contributed by atoms with Crippen molar-refractivity contribution in [2.45, 2.75) is 26.0 Å². The Balaban J connectivity index is 1.61. The predicted octanol–water partition coefficient (Wildman–Crippen LogP) is 2.54. The largest absolute Gasteiger partial charge is 0.467 e. The number of nitrogens with one attached hydrogen (secondary N) is 1. The number of hydrogen-bond acceptors (Lipinski definition) is 4. The lowest BCUT2D eigenvalue weighted by molar-refractivity contribution is 0.104. The van der Waals surface area contributed by atoms with Crippen molar-refractivity contribution in [2.75, 3.05) is 13.7 Å². The number of hydrogen-bond donors (Lipinski definition) is 1. The summed E-state index contributed by atoms with van der Waals surface area (Å²) in [5.74, 6) is 0.883. The van der Waals surface area contributed by atoms with Gasteiger partial charge in [-0.1, -0.05) is 0 Å². The summed E-state index contributed by atoms with van der Waals surface area (Å²) < 4.78 is 11.0. The minimum atomic E-state index is 0.542. The van der Waals surface area contributed by atoms with E-state index in [-0.39, 0.29) is 0 Å². The van der Waals surface area contributed by atoms with Crippen molar-refractivity contribution in [3.05, 3.63) is 53.7 Å². The molecule has 0 fully saturated rings. The summed E-state index contributed by atoms with van der Waals surface area (Å²) in [6.07, 6.45) is 7.44. The highest BCUT2D eigenvalue weighted by Crippen LogP contribution is 2.09. The van der Waals surface area contributed by atoms with Crippen LogP contribution in [-0.2, 0) is 24.3 Å². The van der Waals surface area contributed by atoms with Crippen LogP contribution in [0, 0.1) is 0 Å². The highest BCUT2D eigenvalue weighted by atomic mass is 16.5. The van der Waals surface area contributed by atoms with Crippen LogP contribution in [0.25, 0.3) is 0 Å². The summed E-state index contributed by atoms with van der Waals surface area (Å²) >= 11 is 0. The molecule has 0 spiro atoms. The van der Waals surface area contributed by atoms with Crippen LogP contribution in [0.2, 0.25) is 0 Å². The predicted molar refractivity (Wildman–Crippen MR) is 73.7 cm³/mol. The second-order valence-electron chi connectivity index (χ2n) is 4.46. The van der Waals surface area contributed by atoms with Crippen LogP contribution < -0.4 is 5.32 Å². The molecule has 4 nitrogen and oxygen atoms in total. The number of furan rings is 1. The van der Waals surface area contributed by atoms with E-state index in [0.29, 0.717) is 6.61 Å². The maximum absolute atomic E-state index is 5.60. The Labute approximate surface area is 113 Å². The number of aryl methyl sites for hydroxylation is 1. The molecule has 0 aromatic carbocycles. The lowest BCUT2D eigenvalue weighted by Crippen LogP contribution is -2.03. The summed E-state index contributed by atoms with van der Waals surface area (Å²) in [7, 11) is 1.92. The average molecular weight is 260 g/mol. The fraction of sp³-hybridized carbons (Fsp3) is 0.400. The van der Waals surface area contributed by atoms with Crippen molar-refractivity contribution in [1.29, 1.82) is 0 Å². The van der Waals surface area contributed by atoms with Crippen molar-refractivity contribution in [1.82, 2.24) is 10.3 Å². The first-order chi connectivity index (χ1) is 9.38. The number of ether oxygens (including phenoxy) is 1. The van der Waals surface area contributed by atoms with Crippen molar-refractivity contribution < 1.29 is 9.15 Å². The van der Waals surface area contributed by atoms with Gasteiger partial charge < -0.3 is 14.5 Å². The summed E-state index contributed by atoms with van der Waals surface area (Å²) in [5, 5.41) is 3.09. The minimum Gasteiger partial charge on any atom is -0.467 e. The maximum Gasteiger partial charge on any atom is 0.129 e. The summed E-state index contributed by atoms with van der Waals surface area (Å²) in [6, 6.07) is 6.10. The van der Waals surface area contributed by atoms with Gasteiger partial charge in [-0.3, -0.25) is 4.98 Å². The van der Waals surface area contributed by atoms with Crippen LogP contribution in [0.5, 0.6) is 0 Å². The van der Waals surface area contributed by atoms with Gasteiger partial charge in [0.1, 0.15) is 12.4 Å². The average Bonchev–Trinajstić information content (AvgIpc) is 2.88. The highest BCUT2D eigenvalue weighted by molar-refractivity contribution is 5.12. The monoisotopic (exact) mass is 260 g/mol. The van der Waals surface area contributed by atoms with E-state index in [9.17, 15) is 0 Å². The van der Waals surface area contributed by atoms with E-state index in [1.165, 1.54) is 5.56 Å². The molecule has 0 saturated heterocycles. The van der Waals surface area contributed by atoms with Gasteiger partial charge in [0.15, 0.2) is 0 Å². The summed E-state index contributed by atoms with van der Waals surface area (Å²) in [6.45, 7) is 2.11. The molecule has 4 heteroatoms. The molecular weight excluding hydrogens is 240 g/mol. The zero-order chi connectivity index (χ0) is 13.3. The Morgan fingerprint density at radius 3 is 2.89 bits per heavy atom. The molecule has 0 aliphatic heterocycles. The van der Waals surface area contributed by atoms with Crippen molar-refractivity contribution >= 4 is 0 Å². The maximum atomic E-state index is 5.60. The molecule has 2 aromatic rings. The number of nitrogens with zero attached hydrogens (tertiary/aromatic N) is 1. The van der Waals surface area contributed by atoms with E-state index in [1.807, 2.05) is 37.6 Å². The fourth-order valence-corrected chi connectivity index (χ4v) is 1.90. The molecule has 0 aliphatic carbocycles. The normalized spacial score (nSPS) is 10.8. The lowest BCUT2D eigenvalue weighted by atomic mass is 10.1. The van der Waals surface area contributed by atoms with Gasteiger partial charge in [-0.25, -0.2) is 0 Å².